The van der Waals surface area contributed by atoms with E-state index in [-0.39, 0.29) is 6.67 Å². The second-order valence-corrected chi connectivity index (χ2v) is 4.19. The van der Waals surface area contributed by atoms with Crippen molar-refractivity contribution in [3.8, 4) is 0 Å². The van der Waals surface area contributed by atoms with E-state index in [2.05, 4.69) is 24.1 Å². The van der Waals surface area contributed by atoms with Crippen LogP contribution in [0.15, 0.2) is 0 Å². The summed E-state index contributed by atoms with van der Waals surface area (Å²) in [7, 11) is 0. The smallest absolute Gasteiger partial charge is 0.102 e. The second-order valence-electron chi connectivity index (χ2n) is 4.19. The van der Waals surface area contributed by atoms with Gasteiger partial charge in [0.05, 0.1) is 0 Å². The SMILES string of the molecule is CC1CNC(C)CCN(CCF)C1. The molecule has 0 bridgehead atoms. The lowest BCUT2D eigenvalue weighted by atomic mass is 10.1. The van der Waals surface area contributed by atoms with Gasteiger partial charge in [0.2, 0.25) is 0 Å². The summed E-state index contributed by atoms with van der Waals surface area (Å²) in [6.45, 7) is 7.93. The zero-order valence-corrected chi connectivity index (χ0v) is 8.72. The molecule has 1 fully saturated rings. The van der Waals surface area contributed by atoms with Gasteiger partial charge in [-0.15, -0.1) is 0 Å². The predicted octanol–water partition coefficient (Wildman–Crippen LogP) is 1.28. The van der Waals surface area contributed by atoms with E-state index in [1.54, 1.807) is 0 Å². The summed E-state index contributed by atoms with van der Waals surface area (Å²) in [5.41, 5.74) is 0. The number of rotatable bonds is 2. The predicted molar refractivity (Wildman–Crippen MR) is 53.7 cm³/mol. The van der Waals surface area contributed by atoms with E-state index in [1.807, 2.05) is 0 Å². The highest BCUT2D eigenvalue weighted by Gasteiger charge is 2.15. The molecule has 0 aliphatic carbocycles. The van der Waals surface area contributed by atoms with Crippen LogP contribution in [-0.2, 0) is 0 Å². The van der Waals surface area contributed by atoms with Gasteiger partial charge in [-0.3, -0.25) is 0 Å². The first kappa shape index (κ1) is 10.9. The number of hydrogen-bond donors (Lipinski definition) is 1. The Balaban J connectivity index is 2.36. The van der Waals surface area contributed by atoms with Gasteiger partial charge in [-0.25, -0.2) is 4.39 Å². The topological polar surface area (TPSA) is 15.3 Å². The largest absolute Gasteiger partial charge is 0.314 e. The summed E-state index contributed by atoms with van der Waals surface area (Å²) < 4.78 is 12.2. The van der Waals surface area contributed by atoms with Crippen LogP contribution in [0, 0.1) is 5.92 Å². The molecule has 0 aromatic rings. The van der Waals surface area contributed by atoms with Crippen molar-refractivity contribution >= 4 is 0 Å². The van der Waals surface area contributed by atoms with Crippen molar-refractivity contribution in [3.05, 3.63) is 0 Å². The van der Waals surface area contributed by atoms with Crippen molar-refractivity contribution in [3.63, 3.8) is 0 Å². The van der Waals surface area contributed by atoms with Gasteiger partial charge in [0.25, 0.3) is 0 Å². The third kappa shape index (κ3) is 4.05. The maximum atomic E-state index is 12.2. The van der Waals surface area contributed by atoms with Gasteiger partial charge in [-0.2, -0.15) is 0 Å². The Morgan fingerprint density at radius 1 is 1.46 bits per heavy atom. The molecule has 1 aliphatic rings. The minimum absolute atomic E-state index is 0.214. The molecule has 0 saturated carbocycles. The molecule has 2 nitrogen and oxygen atoms in total. The van der Waals surface area contributed by atoms with Crippen LogP contribution in [0.4, 0.5) is 4.39 Å². The Bertz CT molecular complexity index is 141. The van der Waals surface area contributed by atoms with E-state index in [4.69, 9.17) is 0 Å². The lowest BCUT2D eigenvalue weighted by Gasteiger charge is -2.30. The minimum atomic E-state index is -0.214. The summed E-state index contributed by atoms with van der Waals surface area (Å²) in [5, 5.41) is 3.48. The number of nitrogens with one attached hydrogen (secondary N) is 1. The summed E-state index contributed by atoms with van der Waals surface area (Å²) in [5.74, 6) is 0.634. The number of alkyl halides is 1. The summed E-state index contributed by atoms with van der Waals surface area (Å²) in [4.78, 5) is 2.24. The third-order valence-corrected chi connectivity index (χ3v) is 2.66. The molecule has 2 atom stereocenters. The van der Waals surface area contributed by atoms with Crippen molar-refractivity contribution in [2.75, 3.05) is 32.9 Å². The molecular formula is C10H21FN2. The molecular weight excluding hydrogens is 167 g/mol. The highest BCUT2D eigenvalue weighted by Crippen LogP contribution is 2.06. The van der Waals surface area contributed by atoms with Crippen LogP contribution >= 0.6 is 0 Å². The first-order chi connectivity index (χ1) is 6.22. The molecule has 2 unspecified atom stereocenters. The molecule has 1 saturated heterocycles. The average molecular weight is 188 g/mol. The van der Waals surface area contributed by atoms with Crippen LogP contribution in [-0.4, -0.2) is 43.8 Å². The normalized spacial score (nSPS) is 32.5. The number of nitrogens with zero attached hydrogens (tertiary/aromatic N) is 1. The molecule has 1 rings (SSSR count). The fourth-order valence-corrected chi connectivity index (χ4v) is 1.80. The van der Waals surface area contributed by atoms with Crippen molar-refractivity contribution in [1.82, 2.24) is 10.2 Å². The van der Waals surface area contributed by atoms with Gasteiger partial charge < -0.3 is 10.2 Å². The lowest BCUT2D eigenvalue weighted by Crippen LogP contribution is -2.43. The Hall–Kier alpha value is -0.150. The third-order valence-electron chi connectivity index (χ3n) is 2.66. The highest BCUT2D eigenvalue weighted by molar-refractivity contribution is 4.73. The first-order valence-electron chi connectivity index (χ1n) is 5.24. The molecule has 0 aromatic carbocycles. The minimum Gasteiger partial charge on any atom is -0.314 e. The molecule has 0 amide bonds. The first-order valence-corrected chi connectivity index (χ1v) is 5.24. The van der Waals surface area contributed by atoms with Gasteiger partial charge >= 0.3 is 0 Å². The Kier molecular flexibility index (Phi) is 4.67. The molecule has 13 heavy (non-hydrogen) atoms. The number of hydrogen-bond acceptors (Lipinski definition) is 2. The zero-order chi connectivity index (χ0) is 9.68. The van der Waals surface area contributed by atoms with E-state index >= 15 is 0 Å². The monoisotopic (exact) mass is 188 g/mol. The molecule has 1 N–H and O–H groups in total. The van der Waals surface area contributed by atoms with Crippen LogP contribution < -0.4 is 5.32 Å². The Morgan fingerprint density at radius 3 is 2.92 bits per heavy atom. The van der Waals surface area contributed by atoms with E-state index in [1.165, 1.54) is 0 Å². The van der Waals surface area contributed by atoms with Gasteiger partial charge in [-0.1, -0.05) is 6.92 Å². The highest BCUT2D eigenvalue weighted by atomic mass is 19.1. The van der Waals surface area contributed by atoms with Gasteiger partial charge in [0, 0.05) is 19.1 Å². The fraction of sp³-hybridized carbons (Fsp3) is 1.00. The molecule has 0 radical (unpaired) electrons. The number of halogens is 1. The van der Waals surface area contributed by atoms with Crippen molar-refractivity contribution in [2.24, 2.45) is 5.92 Å². The molecule has 3 heteroatoms. The zero-order valence-electron chi connectivity index (χ0n) is 8.72. The van der Waals surface area contributed by atoms with Crippen LogP contribution in [0.1, 0.15) is 20.3 Å². The maximum Gasteiger partial charge on any atom is 0.102 e. The summed E-state index contributed by atoms with van der Waals surface area (Å²) >= 11 is 0. The molecule has 1 heterocycles. The fourth-order valence-electron chi connectivity index (χ4n) is 1.80. The average Bonchev–Trinajstić information content (AvgIpc) is 2.09. The molecule has 0 spiro atoms. The van der Waals surface area contributed by atoms with Gasteiger partial charge in [0.1, 0.15) is 6.67 Å². The van der Waals surface area contributed by atoms with Crippen LogP contribution in [0.2, 0.25) is 0 Å². The lowest BCUT2D eigenvalue weighted by molar-refractivity contribution is 0.188. The molecule has 78 valence electrons. The summed E-state index contributed by atoms with van der Waals surface area (Å²) in [6, 6.07) is 0.574. The van der Waals surface area contributed by atoms with Crippen molar-refractivity contribution in [1.29, 1.82) is 0 Å². The Morgan fingerprint density at radius 2 is 2.23 bits per heavy atom. The van der Waals surface area contributed by atoms with Crippen molar-refractivity contribution < 1.29 is 4.39 Å². The van der Waals surface area contributed by atoms with Crippen LogP contribution in [0.25, 0.3) is 0 Å². The van der Waals surface area contributed by atoms with Gasteiger partial charge in [-0.05, 0) is 32.4 Å². The Labute approximate surface area is 80.5 Å². The van der Waals surface area contributed by atoms with E-state index < -0.39 is 0 Å². The van der Waals surface area contributed by atoms with E-state index in [0.29, 0.717) is 18.5 Å². The summed E-state index contributed by atoms with van der Waals surface area (Å²) in [6.07, 6.45) is 1.13. The second kappa shape index (κ2) is 5.55. The van der Waals surface area contributed by atoms with Crippen LogP contribution in [0.5, 0.6) is 0 Å². The van der Waals surface area contributed by atoms with Crippen molar-refractivity contribution in [2.45, 2.75) is 26.3 Å². The molecule has 1 aliphatic heterocycles. The van der Waals surface area contributed by atoms with Gasteiger partial charge in [0.15, 0.2) is 0 Å². The van der Waals surface area contributed by atoms with E-state index in [9.17, 15) is 4.39 Å². The quantitative estimate of drug-likeness (QED) is 0.702. The van der Waals surface area contributed by atoms with E-state index in [0.717, 1.165) is 26.1 Å². The molecule has 0 aromatic heterocycles. The van der Waals surface area contributed by atoms with Crippen LogP contribution in [0.3, 0.4) is 0 Å². The maximum absolute atomic E-state index is 12.2. The standard InChI is InChI=1S/C10H21FN2/c1-9-7-12-10(2)3-5-13(8-9)6-4-11/h9-10,12H,3-8H2,1-2H3.